The van der Waals surface area contributed by atoms with Crippen LogP contribution in [0, 0.1) is 5.82 Å². The molecule has 0 spiro atoms. The molecule has 5 heteroatoms. The van der Waals surface area contributed by atoms with Gasteiger partial charge in [0.15, 0.2) is 0 Å². The summed E-state index contributed by atoms with van der Waals surface area (Å²) in [4.78, 5) is 4.29. The number of aromatic nitrogens is 1. The van der Waals surface area contributed by atoms with E-state index in [1.54, 1.807) is 12.1 Å². The Labute approximate surface area is 119 Å². The van der Waals surface area contributed by atoms with E-state index in [4.69, 9.17) is 4.74 Å². The maximum absolute atomic E-state index is 13.2. The summed E-state index contributed by atoms with van der Waals surface area (Å²) < 4.78 is 19.4. The van der Waals surface area contributed by atoms with Crippen LogP contribution in [0.3, 0.4) is 0 Å². The predicted molar refractivity (Wildman–Crippen MR) is 73.7 cm³/mol. The lowest BCUT2D eigenvalue weighted by Gasteiger charge is -2.09. The van der Waals surface area contributed by atoms with Crippen LogP contribution >= 0.6 is 15.9 Å². The summed E-state index contributed by atoms with van der Waals surface area (Å²) in [5.41, 5.74) is 1.53. The molecule has 0 aliphatic rings. The third kappa shape index (κ3) is 3.52. The van der Waals surface area contributed by atoms with Gasteiger partial charge in [-0.2, -0.15) is 0 Å². The van der Waals surface area contributed by atoms with E-state index < -0.39 is 0 Å². The average Bonchev–Trinajstić information content (AvgIpc) is 2.42. The number of ether oxygens (including phenoxy) is 1. The van der Waals surface area contributed by atoms with Crippen LogP contribution in [0.2, 0.25) is 0 Å². The summed E-state index contributed by atoms with van der Waals surface area (Å²) in [5.74, 6) is 0.312. The Kier molecular flexibility index (Phi) is 4.50. The number of benzene rings is 1. The zero-order valence-electron chi connectivity index (χ0n) is 10.4. The van der Waals surface area contributed by atoms with Crippen molar-refractivity contribution in [3.8, 4) is 11.6 Å². The molecule has 0 bridgehead atoms. The van der Waals surface area contributed by atoms with Crippen molar-refractivity contribution in [2.45, 2.75) is 20.0 Å². The van der Waals surface area contributed by atoms with Crippen LogP contribution < -0.4 is 4.74 Å². The zero-order valence-corrected chi connectivity index (χ0v) is 11.9. The third-order valence-electron chi connectivity index (χ3n) is 2.57. The molecule has 0 unspecified atom stereocenters. The van der Waals surface area contributed by atoms with Gasteiger partial charge in [0.05, 0.1) is 11.1 Å². The number of hydrogen-bond acceptors (Lipinski definition) is 3. The molecular formula is C14H13BrFNO2. The number of hydrogen-bond donors (Lipinski definition) is 1. The molecule has 0 fully saturated rings. The fourth-order valence-corrected chi connectivity index (χ4v) is 1.94. The highest BCUT2D eigenvalue weighted by Crippen LogP contribution is 2.30. The molecule has 1 N–H and O–H groups in total. The van der Waals surface area contributed by atoms with Crippen molar-refractivity contribution in [3.63, 3.8) is 0 Å². The molecule has 2 aromatic rings. The molecule has 3 nitrogen and oxygen atoms in total. The molecular weight excluding hydrogens is 313 g/mol. The quantitative estimate of drug-likeness (QED) is 0.928. The standard InChI is InChI=1S/C14H13BrFNO2/c1-2-11-5-9(8-18)6-14(17-11)19-13-7-10(16)3-4-12(13)15/h3-7,18H,2,8H2,1H3. The fraction of sp³-hybridized carbons (Fsp3) is 0.214. The maximum atomic E-state index is 13.2. The highest BCUT2D eigenvalue weighted by Gasteiger charge is 2.08. The van der Waals surface area contributed by atoms with E-state index in [0.29, 0.717) is 16.1 Å². The maximum Gasteiger partial charge on any atom is 0.219 e. The van der Waals surface area contributed by atoms with E-state index in [1.165, 1.54) is 12.1 Å². The molecule has 1 aromatic heterocycles. The average molecular weight is 326 g/mol. The topological polar surface area (TPSA) is 42.4 Å². The monoisotopic (exact) mass is 325 g/mol. The summed E-state index contributed by atoms with van der Waals surface area (Å²) in [5, 5.41) is 9.19. The van der Waals surface area contributed by atoms with Gasteiger partial charge in [-0.3, -0.25) is 0 Å². The Morgan fingerprint density at radius 1 is 1.32 bits per heavy atom. The van der Waals surface area contributed by atoms with Crippen LogP contribution in [0.5, 0.6) is 11.6 Å². The lowest BCUT2D eigenvalue weighted by Crippen LogP contribution is -1.96. The Bertz CT molecular complexity index is 567. The van der Waals surface area contributed by atoms with Gasteiger partial charge in [0.25, 0.3) is 0 Å². The summed E-state index contributed by atoms with van der Waals surface area (Å²) in [6.45, 7) is 1.88. The molecule has 0 amide bonds. The smallest absolute Gasteiger partial charge is 0.219 e. The molecule has 19 heavy (non-hydrogen) atoms. The van der Waals surface area contributed by atoms with Gasteiger partial charge in [0.2, 0.25) is 5.88 Å². The van der Waals surface area contributed by atoms with Crippen molar-refractivity contribution >= 4 is 15.9 Å². The van der Waals surface area contributed by atoms with E-state index >= 15 is 0 Å². The number of aliphatic hydroxyl groups is 1. The lowest BCUT2D eigenvalue weighted by atomic mass is 10.2. The Morgan fingerprint density at radius 3 is 2.79 bits per heavy atom. The minimum atomic E-state index is -0.382. The molecule has 0 aliphatic carbocycles. The molecule has 0 radical (unpaired) electrons. The Morgan fingerprint density at radius 2 is 2.11 bits per heavy atom. The molecule has 0 saturated heterocycles. The van der Waals surface area contributed by atoms with Gasteiger partial charge in [-0.25, -0.2) is 9.37 Å². The van der Waals surface area contributed by atoms with Crippen molar-refractivity contribution in [1.82, 2.24) is 4.98 Å². The SMILES string of the molecule is CCc1cc(CO)cc(Oc2cc(F)ccc2Br)n1. The van der Waals surface area contributed by atoms with Gasteiger partial charge >= 0.3 is 0 Å². The zero-order chi connectivity index (χ0) is 13.8. The summed E-state index contributed by atoms with van der Waals surface area (Å²) in [6, 6.07) is 7.64. The van der Waals surface area contributed by atoms with Gasteiger partial charge in [-0.05, 0) is 46.1 Å². The largest absolute Gasteiger partial charge is 0.438 e. The fourth-order valence-electron chi connectivity index (χ4n) is 1.61. The first-order chi connectivity index (χ1) is 9.12. The minimum Gasteiger partial charge on any atom is -0.438 e. The first-order valence-corrected chi connectivity index (χ1v) is 6.65. The summed E-state index contributed by atoms with van der Waals surface area (Å²) >= 11 is 3.29. The van der Waals surface area contributed by atoms with E-state index in [1.807, 2.05) is 13.0 Å². The third-order valence-corrected chi connectivity index (χ3v) is 3.22. The first-order valence-electron chi connectivity index (χ1n) is 5.86. The van der Waals surface area contributed by atoms with Crippen molar-refractivity contribution in [1.29, 1.82) is 0 Å². The lowest BCUT2D eigenvalue weighted by molar-refractivity contribution is 0.280. The molecule has 0 aliphatic heterocycles. The van der Waals surface area contributed by atoms with E-state index in [-0.39, 0.29) is 12.4 Å². The molecule has 1 aromatic carbocycles. The molecule has 1 heterocycles. The van der Waals surface area contributed by atoms with Crippen molar-refractivity contribution in [2.75, 3.05) is 0 Å². The van der Waals surface area contributed by atoms with Crippen molar-refractivity contribution < 1.29 is 14.2 Å². The summed E-state index contributed by atoms with van der Waals surface area (Å²) in [6.07, 6.45) is 0.731. The number of rotatable bonds is 4. The van der Waals surface area contributed by atoms with Gasteiger partial charge < -0.3 is 9.84 Å². The van der Waals surface area contributed by atoms with Crippen LogP contribution in [-0.4, -0.2) is 10.1 Å². The van der Waals surface area contributed by atoms with Gasteiger partial charge in [-0.1, -0.05) is 6.92 Å². The van der Waals surface area contributed by atoms with Gasteiger partial charge in [-0.15, -0.1) is 0 Å². The normalized spacial score (nSPS) is 10.5. The second-order valence-corrected chi connectivity index (χ2v) is 4.85. The molecule has 100 valence electrons. The Balaban J connectivity index is 2.34. The van der Waals surface area contributed by atoms with Crippen molar-refractivity contribution in [2.24, 2.45) is 0 Å². The van der Waals surface area contributed by atoms with Gasteiger partial charge in [0, 0.05) is 17.8 Å². The van der Waals surface area contributed by atoms with E-state index in [0.717, 1.165) is 17.7 Å². The van der Waals surface area contributed by atoms with Crippen LogP contribution in [0.1, 0.15) is 18.2 Å². The minimum absolute atomic E-state index is 0.0871. The number of nitrogens with zero attached hydrogens (tertiary/aromatic N) is 1. The number of pyridine rings is 1. The van der Waals surface area contributed by atoms with Crippen LogP contribution in [-0.2, 0) is 13.0 Å². The number of aryl methyl sites for hydroxylation is 1. The molecule has 0 saturated carbocycles. The highest BCUT2D eigenvalue weighted by molar-refractivity contribution is 9.10. The van der Waals surface area contributed by atoms with E-state index in [9.17, 15) is 9.50 Å². The highest BCUT2D eigenvalue weighted by atomic mass is 79.9. The summed E-state index contributed by atoms with van der Waals surface area (Å²) in [7, 11) is 0. The number of aliphatic hydroxyl groups excluding tert-OH is 1. The van der Waals surface area contributed by atoms with E-state index in [2.05, 4.69) is 20.9 Å². The second-order valence-electron chi connectivity index (χ2n) is 3.99. The molecule has 0 atom stereocenters. The van der Waals surface area contributed by atoms with Gasteiger partial charge in [0.1, 0.15) is 11.6 Å². The second kappa shape index (κ2) is 6.12. The Hall–Kier alpha value is -1.46. The predicted octanol–water partition coefficient (Wildman–Crippen LogP) is 3.83. The first kappa shape index (κ1) is 14.0. The van der Waals surface area contributed by atoms with Crippen molar-refractivity contribution in [3.05, 3.63) is 51.9 Å². The van der Waals surface area contributed by atoms with Crippen LogP contribution in [0.25, 0.3) is 0 Å². The number of halogens is 2. The molecule has 2 rings (SSSR count). The van der Waals surface area contributed by atoms with Crippen LogP contribution in [0.4, 0.5) is 4.39 Å². The van der Waals surface area contributed by atoms with Crippen LogP contribution in [0.15, 0.2) is 34.8 Å².